The van der Waals surface area contributed by atoms with Crippen molar-refractivity contribution in [2.24, 2.45) is 0 Å². The van der Waals surface area contributed by atoms with Crippen LogP contribution in [0.25, 0.3) is 22.1 Å². The Hall–Kier alpha value is -1.86. The van der Waals surface area contributed by atoms with Crippen LogP contribution in [0.3, 0.4) is 0 Å². The Labute approximate surface area is 135 Å². The van der Waals surface area contributed by atoms with E-state index in [4.69, 9.17) is 16.3 Å². The van der Waals surface area contributed by atoms with Gasteiger partial charge in [0.25, 0.3) is 0 Å². The number of fused-ring (bicyclic) bond motifs is 3. The van der Waals surface area contributed by atoms with Crippen LogP contribution in [-0.2, 0) is 9.53 Å². The average molecular weight is 337 g/mol. The molecule has 2 heterocycles. The second kappa shape index (κ2) is 6.10. The molecule has 114 valence electrons. The van der Waals surface area contributed by atoms with Gasteiger partial charge >= 0.3 is 5.97 Å². The Balaban J connectivity index is 1.93. The zero-order chi connectivity index (χ0) is 15.7. The van der Waals surface area contributed by atoms with Crippen LogP contribution in [0, 0.1) is 0 Å². The first-order valence-corrected chi connectivity index (χ1v) is 7.99. The summed E-state index contributed by atoms with van der Waals surface area (Å²) in [4.78, 5) is 19.2. The minimum atomic E-state index is -0.391. The minimum absolute atomic E-state index is 0.292. The number of nitrogens with zero attached hydrogens (tertiary/aromatic N) is 3. The summed E-state index contributed by atoms with van der Waals surface area (Å²) in [7, 11) is 0. The molecule has 0 bridgehead atoms. The maximum absolute atomic E-state index is 11.6. The molecule has 6 nitrogen and oxygen atoms in total. The van der Waals surface area contributed by atoms with Crippen molar-refractivity contribution in [2.75, 3.05) is 6.61 Å². The van der Waals surface area contributed by atoms with Crippen molar-refractivity contribution < 1.29 is 9.53 Å². The maximum atomic E-state index is 11.6. The molecule has 1 atom stereocenters. The first kappa shape index (κ1) is 15.1. The molecule has 1 aromatic carbocycles. The molecule has 1 unspecified atom stereocenters. The minimum Gasteiger partial charge on any atom is -0.465 e. The van der Waals surface area contributed by atoms with E-state index in [0.717, 1.165) is 10.9 Å². The lowest BCUT2D eigenvalue weighted by Gasteiger charge is -2.08. The highest BCUT2D eigenvalue weighted by molar-refractivity contribution is 8.00. The molecule has 0 aliphatic heterocycles. The molecule has 0 aliphatic carbocycles. The van der Waals surface area contributed by atoms with Crippen LogP contribution in [-0.4, -0.2) is 38.0 Å². The van der Waals surface area contributed by atoms with Gasteiger partial charge in [0, 0.05) is 15.9 Å². The fraction of sp³-hybridized carbons (Fsp3) is 0.286. The number of carbonyl (C=O) groups excluding carboxylic acids is 1. The second-order valence-corrected chi connectivity index (χ2v) is 6.36. The van der Waals surface area contributed by atoms with Crippen LogP contribution in [0.15, 0.2) is 23.4 Å². The highest BCUT2D eigenvalue weighted by Crippen LogP contribution is 2.27. The van der Waals surface area contributed by atoms with Gasteiger partial charge in [0.15, 0.2) is 5.65 Å². The maximum Gasteiger partial charge on any atom is 0.319 e. The summed E-state index contributed by atoms with van der Waals surface area (Å²) in [6.45, 7) is 3.88. The van der Waals surface area contributed by atoms with Gasteiger partial charge in [-0.15, -0.1) is 10.2 Å². The lowest BCUT2D eigenvalue weighted by Crippen LogP contribution is -2.17. The van der Waals surface area contributed by atoms with E-state index >= 15 is 0 Å². The summed E-state index contributed by atoms with van der Waals surface area (Å²) in [5.41, 5.74) is 2.17. The van der Waals surface area contributed by atoms with Gasteiger partial charge in [-0.05, 0) is 32.0 Å². The summed E-state index contributed by atoms with van der Waals surface area (Å²) >= 11 is 7.22. The topological polar surface area (TPSA) is 80.8 Å². The number of nitrogens with one attached hydrogen (secondary N) is 1. The molecular weight excluding hydrogens is 324 g/mol. The summed E-state index contributed by atoms with van der Waals surface area (Å²) in [6, 6.07) is 5.49. The van der Waals surface area contributed by atoms with Crippen molar-refractivity contribution in [3.63, 3.8) is 0 Å². The van der Waals surface area contributed by atoms with Crippen LogP contribution in [0.1, 0.15) is 13.8 Å². The lowest BCUT2D eigenvalue weighted by molar-refractivity contribution is -0.142. The van der Waals surface area contributed by atoms with Gasteiger partial charge < -0.3 is 9.72 Å². The normalized spacial score (nSPS) is 12.7. The van der Waals surface area contributed by atoms with Crippen LogP contribution in [0.2, 0.25) is 5.02 Å². The number of aromatic amines is 1. The van der Waals surface area contributed by atoms with Gasteiger partial charge in [-0.1, -0.05) is 23.4 Å². The number of hydrogen-bond acceptors (Lipinski definition) is 6. The van der Waals surface area contributed by atoms with E-state index in [1.165, 1.54) is 11.8 Å². The van der Waals surface area contributed by atoms with Crippen molar-refractivity contribution in [2.45, 2.75) is 24.3 Å². The third kappa shape index (κ3) is 2.86. The van der Waals surface area contributed by atoms with Crippen molar-refractivity contribution in [3.05, 3.63) is 23.2 Å². The number of aromatic nitrogens is 4. The number of H-pyrrole nitrogens is 1. The molecule has 22 heavy (non-hydrogen) atoms. The van der Waals surface area contributed by atoms with Crippen molar-refractivity contribution in [1.82, 2.24) is 20.2 Å². The molecule has 0 amide bonds. The Bertz CT molecular complexity index is 851. The second-order valence-electron chi connectivity index (χ2n) is 4.62. The quantitative estimate of drug-likeness (QED) is 0.582. The Morgan fingerprint density at radius 3 is 3.05 bits per heavy atom. The Morgan fingerprint density at radius 2 is 2.27 bits per heavy atom. The molecule has 3 aromatic rings. The van der Waals surface area contributed by atoms with E-state index < -0.39 is 5.25 Å². The molecule has 0 radical (unpaired) electrons. The molecular formula is C14H13ClN4O2S. The van der Waals surface area contributed by atoms with E-state index in [-0.39, 0.29) is 5.97 Å². The molecule has 8 heteroatoms. The Morgan fingerprint density at radius 1 is 1.45 bits per heavy atom. The highest BCUT2D eigenvalue weighted by Gasteiger charge is 2.18. The molecule has 2 aromatic heterocycles. The number of thioether (sulfide) groups is 1. The molecule has 0 saturated heterocycles. The fourth-order valence-corrected chi connectivity index (χ4v) is 2.93. The number of esters is 1. The molecule has 1 N–H and O–H groups in total. The summed E-state index contributed by atoms with van der Waals surface area (Å²) < 4.78 is 4.97. The van der Waals surface area contributed by atoms with Gasteiger partial charge in [0.1, 0.15) is 10.8 Å². The summed E-state index contributed by atoms with van der Waals surface area (Å²) in [6.07, 6.45) is 0. The standard InChI is InChI=1S/C14H13ClN4O2S/c1-3-21-13(20)7(2)22-14-17-12-11(18-19-14)9-6-8(15)4-5-10(9)16-12/h4-7H,3H2,1-2H3,(H,16,17,19). The number of ether oxygens (including phenoxy) is 1. The SMILES string of the molecule is CCOC(=O)C(C)Sc1nnc2c(n1)[nH]c1ccc(Cl)cc12. The first-order valence-electron chi connectivity index (χ1n) is 6.73. The van der Waals surface area contributed by atoms with Crippen LogP contribution in [0.5, 0.6) is 0 Å². The average Bonchev–Trinajstić information content (AvgIpc) is 2.84. The number of carbonyl (C=O) groups is 1. The fourth-order valence-electron chi connectivity index (χ4n) is 2.04. The first-order chi connectivity index (χ1) is 10.6. The predicted octanol–water partition coefficient (Wildman–Crippen LogP) is 3.20. The lowest BCUT2D eigenvalue weighted by atomic mass is 10.2. The molecule has 3 rings (SSSR count). The summed E-state index contributed by atoms with van der Waals surface area (Å²) in [5.74, 6) is -0.292. The van der Waals surface area contributed by atoms with E-state index in [9.17, 15) is 4.79 Å². The van der Waals surface area contributed by atoms with Crippen molar-refractivity contribution >= 4 is 51.4 Å². The van der Waals surface area contributed by atoms with Gasteiger partial charge in [-0.3, -0.25) is 4.79 Å². The molecule has 0 saturated carbocycles. The number of benzene rings is 1. The van der Waals surface area contributed by atoms with Gasteiger partial charge in [0.05, 0.1) is 6.61 Å². The smallest absolute Gasteiger partial charge is 0.319 e. The van der Waals surface area contributed by atoms with E-state index in [2.05, 4.69) is 20.2 Å². The predicted molar refractivity (Wildman–Crippen MR) is 86.2 cm³/mol. The number of halogens is 1. The summed E-state index contributed by atoms with van der Waals surface area (Å²) in [5, 5.41) is 9.80. The van der Waals surface area contributed by atoms with Crippen molar-refractivity contribution in [1.29, 1.82) is 0 Å². The number of rotatable bonds is 4. The third-order valence-corrected chi connectivity index (χ3v) is 4.22. The van der Waals surface area contributed by atoms with Crippen molar-refractivity contribution in [3.8, 4) is 0 Å². The molecule has 0 aliphatic rings. The molecule has 0 spiro atoms. The van der Waals surface area contributed by atoms with E-state index in [1.807, 2.05) is 12.1 Å². The largest absolute Gasteiger partial charge is 0.465 e. The zero-order valence-corrected chi connectivity index (χ0v) is 13.5. The molecule has 0 fully saturated rings. The number of hydrogen-bond donors (Lipinski definition) is 1. The Kier molecular flexibility index (Phi) is 4.17. The van der Waals surface area contributed by atoms with Gasteiger partial charge in [0.2, 0.25) is 5.16 Å². The van der Waals surface area contributed by atoms with Crippen LogP contribution >= 0.6 is 23.4 Å². The third-order valence-electron chi connectivity index (χ3n) is 3.06. The van der Waals surface area contributed by atoms with E-state index in [1.54, 1.807) is 19.9 Å². The monoisotopic (exact) mass is 336 g/mol. The van der Waals surface area contributed by atoms with Crippen LogP contribution in [0.4, 0.5) is 0 Å². The zero-order valence-electron chi connectivity index (χ0n) is 12.0. The van der Waals surface area contributed by atoms with E-state index in [0.29, 0.717) is 27.9 Å². The highest BCUT2D eigenvalue weighted by atomic mass is 35.5. The van der Waals surface area contributed by atoms with Gasteiger partial charge in [-0.2, -0.15) is 0 Å². The van der Waals surface area contributed by atoms with Gasteiger partial charge in [-0.25, -0.2) is 4.98 Å². The van der Waals surface area contributed by atoms with Crippen LogP contribution < -0.4 is 0 Å².